The van der Waals surface area contributed by atoms with Gasteiger partial charge in [-0.1, -0.05) is 0 Å². The highest BCUT2D eigenvalue weighted by molar-refractivity contribution is 6.17. The molecule has 1 amide bonds. The van der Waals surface area contributed by atoms with E-state index in [1.54, 1.807) is 18.7 Å². The molecule has 0 spiro atoms. The van der Waals surface area contributed by atoms with E-state index in [2.05, 4.69) is 15.0 Å². The summed E-state index contributed by atoms with van der Waals surface area (Å²) in [4.78, 5) is 26.1. The fraction of sp³-hybridized carbons (Fsp3) is 0.500. The van der Waals surface area contributed by atoms with Gasteiger partial charge in [0.05, 0.1) is 7.11 Å². The largest absolute Gasteiger partial charge is 0.479 e. The van der Waals surface area contributed by atoms with Crippen LogP contribution in [0.3, 0.4) is 0 Å². The summed E-state index contributed by atoms with van der Waals surface area (Å²) >= 11 is 5.79. The molecule has 0 bridgehead atoms. The number of likely N-dealkylation sites (N-methyl/N-ethyl adjacent to an activating group) is 1. The first-order valence-electron chi connectivity index (χ1n) is 6.08. The highest BCUT2D eigenvalue weighted by atomic mass is 35.5. The van der Waals surface area contributed by atoms with Crippen LogP contribution in [0.5, 0.6) is 5.88 Å². The molecule has 2 rings (SSSR count). The Morgan fingerprint density at radius 2 is 2.20 bits per heavy atom. The van der Waals surface area contributed by atoms with Crippen LogP contribution in [0.4, 0.5) is 0 Å². The number of alkyl halides is 1. The minimum absolute atomic E-state index is 0.0438. The number of imidazole rings is 1. The predicted molar refractivity (Wildman–Crippen MR) is 75.0 cm³/mol. The van der Waals surface area contributed by atoms with Gasteiger partial charge in [-0.3, -0.25) is 4.79 Å². The lowest BCUT2D eigenvalue weighted by Crippen LogP contribution is -2.27. The molecule has 0 unspecified atom stereocenters. The second-order valence-electron chi connectivity index (χ2n) is 4.40. The van der Waals surface area contributed by atoms with Crippen LogP contribution in [0, 0.1) is 0 Å². The highest BCUT2D eigenvalue weighted by Gasteiger charge is 2.18. The predicted octanol–water partition coefficient (Wildman–Crippen LogP) is 0.704. The summed E-state index contributed by atoms with van der Waals surface area (Å²) in [6.45, 7) is 0.163. The summed E-state index contributed by atoms with van der Waals surface area (Å²) in [7, 11) is 4.93. The van der Waals surface area contributed by atoms with Crippen LogP contribution < -0.4 is 4.74 Å². The summed E-state index contributed by atoms with van der Waals surface area (Å²) in [6, 6.07) is 0. The molecule has 0 saturated carbocycles. The molecule has 0 radical (unpaired) electrons. The third-order valence-corrected chi connectivity index (χ3v) is 3.07. The SMILES string of the molecule is COc1ncnc2c1nc(CCCl)n2CC(=O)N(C)C. The maximum atomic E-state index is 11.9. The van der Waals surface area contributed by atoms with Gasteiger partial charge in [0.2, 0.25) is 11.8 Å². The Hall–Kier alpha value is -1.89. The molecule has 0 saturated heterocycles. The van der Waals surface area contributed by atoms with Crippen LogP contribution in [-0.2, 0) is 17.8 Å². The Bertz CT molecular complexity index is 626. The number of hydrogen-bond acceptors (Lipinski definition) is 5. The highest BCUT2D eigenvalue weighted by Crippen LogP contribution is 2.22. The number of methoxy groups -OCH3 is 1. The molecule has 20 heavy (non-hydrogen) atoms. The second-order valence-corrected chi connectivity index (χ2v) is 4.77. The van der Waals surface area contributed by atoms with Gasteiger partial charge in [-0.15, -0.1) is 11.6 Å². The number of carbonyl (C=O) groups excluding carboxylic acids is 1. The Morgan fingerprint density at radius 3 is 2.80 bits per heavy atom. The lowest BCUT2D eigenvalue weighted by atomic mass is 10.4. The quantitative estimate of drug-likeness (QED) is 0.760. The number of ether oxygens (including phenoxy) is 1. The van der Waals surface area contributed by atoms with Crippen molar-refractivity contribution < 1.29 is 9.53 Å². The second kappa shape index (κ2) is 6.04. The number of amides is 1. The van der Waals surface area contributed by atoms with Crippen LogP contribution in [-0.4, -0.2) is 57.4 Å². The monoisotopic (exact) mass is 297 g/mol. The maximum Gasteiger partial charge on any atom is 0.245 e. The van der Waals surface area contributed by atoms with Crippen molar-refractivity contribution in [1.29, 1.82) is 0 Å². The van der Waals surface area contributed by atoms with E-state index in [4.69, 9.17) is 16.3 Å². The average Bonchev–Trinajstić information content (AvgIpc) is 2.77. The smallest absolute Gasteiger partial charge is 0.245 e. The number of nitrogens with zero attached hydrogens (tertiary/aromatic N) is 5. The third-order valence-electron chi connectivity index (χ3n) is 2.88. The van der Waals surface area contributed by atoms with E-state index in [0.29, 0.717) is 35.2 Å². The topological polar surface area (TPSA) is 73.1 Å². The number of fused-ring (bicyclic) bond motifs is 1. The normalized spacial score (nSPS) is 10.8. The van der Waals surface area contributed by atoms with E-state index >= 15 is 0 Å². The van der Waals surface area contributed by atoms with Gasteiger partial charge in [0, 0.05) is 26.4 Å². The molecule has 2 heterocycles. The third kappa shape index (κ3) is 2.67. The van der Waals surface area contributed by atoms with E-state index in [1.807, 2.05) is 0 Å². The van der Waals surface area contributed by atoms with Crippen LogP contribution in [0.1, 0.15) is 5.82 Å². The molecule has 0 aliphatic carbocycles. The van der Waals surface area contributed by atoms with Crippen molar-refractivity contribution in [2.45, 2.75) is 13.0 Å². The lowest BCUT2D eigenvalue weighted by molar-refractivity contribution is -0.129. The van der Waals surface area contributed by atoms with Crippen molar-refractivity contribution >= 4 is 28.7 Å². The van der Waals surface area contributed by atoms with E-state index in [-0.39, 0.29) is 12.5 Å². The molecule has 0 N–H and O–H groups in total. The van der Waals surface area contributed by atoms with E-state index in [1.165, 1.54) is 18.3 Å². The first-order chi connectivity index (χ1) is 9.58. The number of rotatable bonds is 5. The average molecular weight is 298 g/mol. The first kappa shape index (κ1) is 14.5. The summed E-state index contributed by atoms with van der Waals surface area (Å²) < 4.78 is 6.93. The zero-order valence-corrected chi connectivity index (χ0v) is 12.4. The minimum atomic E-state index is -0.0438. The lowest BCUT2D eigenvalue weighted by Gasteiger charge is -2.12. The number of aryl methyl sites for hydroxylation is 1. The first-order valence-corrected chi connectivity index (χ1v) is 6.62. The van der Waals surface area contributed by atoms with Gasteiger partial charge < -0.3 is 14.2 Å². The molecule has 0 fully saturated rings. The molecule has 0 aliphatic heterocycles. The molecular weight excluding hydrogens is 282 g/mol. The molecule has 108 valence electrons. The molecule has 0 aliphatic rings. The fourth-order valence-corrected chi connectivity index (χ4v) is 2.00. The van der Waals surface area contributed by atoms with Crippen LogP contribution >= 0.6 is 11.6 Å². The summed E-state index contributed by atoms with van der Waals surface area (Å²) in [6.07, 6.45) is 1.94. The molecule has 7 nitrogen and oxygen atoms in total. The minimum Gasteiger partial charge on any atom is -0.479 e. The van der Waals surface area contributed by atoms with Gasteiger partial charge >= 0.3 is 0 Å². The number of halogens is 1. The standard InChI is InChI=1S/C12H16ClN5O2/c1-17(2)9(19)6-18-8(4-5-13)16-10-11(18)14-7-15-12(10)20-3/h7H,4-6H2,1-3H3. The van der Waals surface area contributed by atoms with Crippen LogP contribution in [0.2, 0.25) is 0 Å². The van der Waals surface area contributed by atoms with Crippen LogP contribution in [0.15, 0.2) is 6.33 Å². The van der Waals surface area contributed by atoms with Crippen molar-refractivity contribution in [3.05, 3.63) is 12.2 Å². The van der Waals surface area contributed by atoms with Crippen molar-refractivity contribution in [3.63, 3.8) is 0 Å². The molecule has 8 heteroatoms. The zero-order chi connectivity index (χ0) is 14.7. The Morgan fingerprint density at radius 1 is 1.45 bits per heavy atom. The molecule has 2 aromatic rings. The van der Waals surface area contributed by atoms with Gasteiger partial charge in [-0.25, -0.2) is 9.97 Å². The van der Waals surface area contributed by atoms with E-state index in [0.717, 1.165) is 0 Å². The van der Waals surface area contributed by atoms with Crippen molar-refractivity contribution in [1.82, 2.24) is 24.4 Å². The van der Waals surface area contributed by atoms with E-state index in [9.17, 15) is 4.79 Å². The van der Waals surface area contributed by atoms with Gasteiger partial charge in [-0.2, -0.15) is 4.98 Å². The van der Waals surface area contributed by atoms with Gasteiger partial charge in [0.1, 0.15) is 18.7 Å². The number of aromatic nitrogens is 4. The van der Waals surface area contributed by atoms with Gasteiger partial charge in [0.15, 0.2) is 11.2 Å². The Labute approximate surface area is 121 Å². The molecule has 0 aromatic carbocycles. The van der Waals surface area contributed by atoms with Gasteiger partial charge in [0.25, 0.3) is 0 Å². The summed E-state index contributed by atoms with van der Waals surface area (Å²) in [5.41, 5.74) is 1.12. The summed E-state index contributed by atoms with van der Waals surface area (Å²) in [5, 5.41) is 0. The molecule has 0 atom stereocenters. The fourth-order valence-electron chi connectivity index (χ4n) is 1.83. The maximum absolute atomic E-state index is 11.9. The summed E-state index contributed by atoms with van der Waals surface area (Å²) in [5.74, 6) is 1.46. The zero-order valence-electron chi connectivity index (χ0n) is 11.6. The molecular formula is C12H16ClN5O2. The Kier molecular flexibility index (Phi) is 4.39. The van der Waals surface area contributed by atoms with Crippen molar-refractivity contribution in [2.75, 3.05) is 27.1 Å². The Balaban J connectivity index is 2.54. The van der Waals surface area contributed by atoms with E-state index < -0.39 is 0 Å². The van der Waals surface area contributed by atoms with Crippen LogP contribution in [0.25, 0.3) is 11.2 Å². The van der Waals surface area contributed by atoms with Crippen molar-refractivity contribution in [2.24, 2.45) is 0 Å². The molecule has 2 aromatic heterocycles. The van der Waals surface area contributed by atoms with Crippen molar-refractivity contribution in [3.8, 4) is 5.88 Å². The number of carbonyl (C=O) groups is 1. The number of hydrogen-bond donors (Lipinski definition) is 0. The van der Waals surface area contributed by atoms with Gasteiger partial charge in [-0.05, 0) is 0 Å².